The van der Waals surface area contributed by atoms with Crippen LogP contribution in [0.4, 0.5) is 4.79 Å². The van der Waals surface area contributed by atoms with Crippen LogP contribution in [0.3, 0.4) is 0 Å². The number of rotatable bonds is 12. The van der Waals surface area contributed by atoms with E-state index in [1.54, 1.807) is 96.9 Å². The van der Waals surface area contributed by atoms with E-state index in [0.717, 1.165) is 10.1 Å². The molecular weight excluding hydrogens is 780 g/mol. The summed E-state index contributed by atoms with van der Waals surface area (Å²) in [4.78, 5) is 94.7. The first-order valence-electron chi connectivity index (χ1n) is 20.5. The minimum Gasteiger partial charge on any atom is -0.458 e. The number of alkyl carbamates (subject to hydrolysis) is 1. The summed E-state index contributed by atoms with van der Waals surface area (Å²) >= 11 is 0. The highest BCUT2D eigenvalue weighted by Crippen LogP contribution is 2.44. The van der Waals surface area contributed by atoms with Crippen LogP contribution < -0.4 is 31.9 Å². The van der Waals surface area contributed by atoms with E-state index in [9.17, 15) is 44.0 Å². The minimum absolute atomic E-state index is 0.119. The average Bonchev–Trinajstić information content (AvgIpc) is 3.03. The molecule has 6 amide bonds. The van der Waals surface area contributed by atoms with Gasteiger partial charge in [0.05, 0.1) is 0 Å². The van der Waals surface area contributed by atoms with Gasteiger partial charge in [0.1, 0.15) is 46.4 Å². The molecule has 2 aliphatic rings. The maximum Gasteiger partial charge on any atom is 0.408 e. The summed E-state index contributed by atoms with van der Waals surface area (Å²) in [5.74, 6) is -4.47. The van der Waals surface area contributed by atoms with Crippen LogP contribution in [0.25, 0.3) is 0 Å². The Bertz CT molecular complexity index is 1630. The highest BCUT2D eigenvalue weighted by Gasteiger charge is 2.59. The van der Waals surface area contributed by atoms with E-state index in [0.29, 0.717) is 0 Å². The molecule has 0 aromatic rings. The molecule has 342 valence electrons. The molecule has 2 radical (unpaired) electrons. The van der Waals surface area contributed by atoms with Gasteiger partial charge in [0, 0.05) is 22.2 Å². The lowest BCUT2D eigenvalue weighted by Crippen LogP contribution is -2.74. The molecule has 0 unspecified atom stereocenters. The maximum atomic E-state index is 14.3. The Kier molecular flexibility index (Phi) is 15.4. The van der Waals surface area contributed by atoms with Crippen molar-refractivity contribution in [2.75, 3.05) is 0 Å². The predicted octanol–water partition coefficient (Wildman–Crippen LogP) is 2.46. The zero-order valence-electron chi connectivity index (χ0n) is 39.0. The van der Waals surface area contributed by atoms with Crippen molar-refractivity contribution >= 4 is 41.6 Å². The molecule has 2 rings (SSSR count). The lowest BCUT2D eigenvalue weighted by Gasteiger charge is -2.54. The van der Waals surface area contributed by atoms with Gasteiger partial charge in [0.2, 0.25) is 29.5 Å². The van der Waals surface area contributed by atoms with Crippen LogP contribution in [0.5, 0.6) is 0 Å². The van der Waals surface area contributed by atoms with Crippen LogP contribution in [0.15, 0.2) is 0 Å². The van der Waals surface area contributed by atoms with E-state index in [2.05, 4.69) is 31.9 Å². The van der Waals surface area contributed by atoms with Crippen molar-refractivity contribution in [3.05, 3.63) is 0 Å². The molecule has 2 saturated heterocycles. The molecule has 2 heterocycles. The summed E-state index contributed by atoms with van der Waals surface area (Å²) in [5.41, 5.74) is -9.77. The molecule has 0 aliphatic carbocycles. The number of piperidine rings is 2. The second kappa shape index (κ2) is 17.7. The lowest BCUT2D eigenvalue weighted by molar-refractivity contribution is -0.295. The fourth-order valence-electron chi connectivity index (χ4n) is 8.45. The maximum absolute atomic E-state index is 14.3. The van der Waals surface area contributed by atoms with Gasteiger partial charge in [-0.25, -0.2) is 9.59 Å². The number of hydrogen-bond donors (Lipinski definition) is 6. The monoisotopic (exact) mass is 853 g/mol. The number of esters is 1. The van der Waals surface area contributed by atoms with E-state index in [1.807, 2.05) is 0 Å². The summed E-state index contributed by atoms with van der Waals surface area (Å²) in [6.07, 6.45) is -1.48. The SMILES string of the molecule is C[C@H](NC(=O)[C@H](C)NC(=O)C1(NC(=O)OC(C)(C)C)CC(C)(C)N([O])C(C)(C)C1)C(=O)NC1(C(=O)N[C@@H](C)C(=O)N[C@@H](C)C(=O)OC(C)(C)C)CC(C)(C)N([O])C(C)(C)C1. The highest BCUT2D eigenvalue weighted by atomic mass is 16.6. The number of carbonyl (C=O) groups excluding carboxylic acids is 7. The van der Waals surface area contributed by atoms with Gasteiger partial charge in [0.15, 0.2) is 0 Å². The quantitative estimate of drug-likeness (QED) is 0.156. The van der Waals surface area contributed by atoms with Crippen LogP contribution in [-0.2, 0) is 48.7 Å². The first-order valence-corrected chi connectivity index (χ1v) is 20.5. The average molecular weight is 853 g/mol. The molecule has 19 heteroatoms. The Labute approximate surface area is 355 Å². The van der Waals surface area contributed by atoms with Crippen molar-refractivity contribution in [2.45, 2.75) is 219 Å². The summed E-state index contributed by atoms with van der Waals surface area (Å²) in [5, 5.41) is 44.2. The van der Waals surface area contributed by atoms with Crippen LogP contribution >= 0.6 is 0 Å². The third kappa shape index (κ3) is 13.0. The molecule has 2 fully saturated rings. The second-order valence-corrected chi connectivity index (χ2v) is 21.2. The third-order valence-corrected chi connectivity index (χ3v) is 10.5. The van der Waals surface area contributed by atoms with Crippen LogP contribution in [0.2, 0.25) is 0 Å². The van der Waals surface area contributed by atoms with Crippen LogP contribution in [0, 0.1) is 0 Å². The normalized spacial score (nSPS) is 22.6. The molecule has 60 heavy (non-hydrogen) atoms. The van der Waals surface area contributed by atoms with E-state index < -0.39 is 110 Å². The smallest absolute Gasteiger partial charge is 0.408 e. The van der Waals surface area contributed by atoms with Crippen molar-refractivity contribution in [2.24, 2.45) is 0 Å². The second-order valence-electron chi connectivity index (χ2n) is 21.2. The molecule has 0 bridgehead atoms. The number of ether oxygens (including phenoxy) is 2. The number of nitrogens with one attached hydrogen (secondary N) is 6. The molecule has 0 spiro atoms. The summed E-state index contributed by atoms with van der Waals surface area (Å²) < 4.78 is 10.8. The zero-order chi connectivity index (χ0) is 47.0. The van der Waals surface area contributed by atoms with Crippen molar-refractivity contribution in [3.63, 3.8) is 0 Å². The highest BCUT2D eigenvalue weighted by molar-refractivity contribution is 5.99. The molecule has 0 aromatic heterocycles. The van der Waals surface area contributed by atoms with Gasteiger partial charge in [-0.3, -0.25) is 24.0 Å². The van der Waals surface area contributed by atoms with Gasteiger partial charge in [-0.2, -0.15) is 0 Å². The number of hydrogen-bond acceptors (Lipinski definition) is 11. The molecule has 2 aliphatic heterocycles. The van der Waals surface area contributed by atoms with E-state index >= 15 is 0 Å². The standard InChI is InChI=1S/C41H72N8O11/c1-23(45-32(55)41(47-33(56)60-35(8,9)10)21-38(15,16)49(58)39(17,18)22-41)27(50)42-25(3)29(52)46-40(19-36(11,12)48(57)37(13,14)20-40)31(54)44-24(2)28(51)43-26(4)30(53)59-34(5,6)7/h23-26H,19-22H2,1-18H3,(H,42,50)(H,43,51)(H,44,54)(H,45,55)(H,46,52)(H,47,56)/t23-,24-,25-,26-/m0/s1. The van der Waals surface area contributed by atoms with Gasteiger partial charge >= 0.3 is 12.1 Å². The third-order valence-electron chi connectivity index (χ3n) is 10.5. The van der Waals surface area contributed by atoms with E-state index in [4.69, 9.17) is 9.47 Å². The Morgan fingerprint density at radius 3 is 1.10 bits per heavy atom. The number of hydroxylamine groups is 4. The number of amides is 6. The predicted molar refractivity (Wildman–Crippen MR) is 219 cm³/mol. The summed E-state index contributed by atoms with van der Waals surface area (Å²) in [6, 6.07) is -4.79. The van der Waals surface area contributed by atoms with Crippen molar-refractivity contribution in [1.82, 2.24) is 42.0 Å². The molecule has 0 aromatic carbocycles. The molecule has 4 atom stereocenters. The summed E-state index contributed by atoms with van der Waals surface area (Å²) in [7, 11) is 0. The van der Waals surface area contributed by atoms with Crippen molar-refractivity contribution < 1.29 is 53.4 Å². The van der Waals surface area contributed by atoms with Gasteiger partial charge in [-0.15, -0.1) is 20.5 Å². The first-order chi connectivity index (χ1) is 26.7. The fourth-order valence-corrected chi connectivity index (χ4v) is 8.45. The lowest BCUT2D eigenvalue weighted by atomic mass is 9.69. The van der Waals surface area contributed by atoms with E-state index in [1.165, 1.54) is 27.7 Å². The number of nitrogens with zero attached hydrogens (tertiary/aromatic N) is 2. The Hall–Kier alpha value is -4.07. The molecule has 6 N–H and O–H groups in total. The van der Waals surface area contributed by atoms with Gasteiger partial charge < -0.3 is 41.4 Å². The van der Waals surface area contributed by atoms with Crippen molar-refractivity contribution in [3.8, 4) is 0 Å². The Morgan fingerprint density at radius 1 is 0.467 bits per heavy atom. The molecular formula is C41H72N8O11. The van der Waals surface area contributed by atoms with Crippen LogP contribution in [-0.4, -0.2) is 120 Å². The minimum atomic E-state index is -1.76. The van der Waals surface area contributed by atoms with E-state index in [-0.39, 0.29) is 25.7 Å². The largest absolute Gasteiger partial charge is 0.458 e. The molecule has 0 saturated carbocycles. The Morgan fingerprint density at radius 2 is 0.767 bits per heavy atom. The van der Waals surface area contributed by atoms with Gasteiger partial charge in [-0.1, -0.05) is 0 Å². The van der Waals surface area contributed by atoms with Crippen molar-refractivity contribution in [1.29, 1.82) is 0 Å². The summed E-state index contributed by atoms with van der Waals surface area (Å²) in [6.45, 7) is 28.7. The van der Waals surface area contributed by atoms with Gasteiger partial charge in [0.25, 0.3) is 0 Å². The number of carbonyl (C=O) groups is 7. The Balaban J connectivity index is 2.34. The zero-order valence-corrected chi connectivity index (χ0v) is 39.0. The van der Waals surface area contributed by atoms with Gasteiger partial charge in [-0.05, 0) is 150 Å². The fraction of sp³-hybridized carbons (Fsp3) is 0.829. The first kappa shape index (κ1) is 52.1. The van der Waals surface area contributed by atoms with Crippen LogP contribution in [0.1, 0.15) is 150 Å². The molecule has 19 nitrogen and oxygen atoms in total. The topological polar surface area (TPSA) is 256 Å².